The minimum atomic E-state index is 0.119. The molecule has 0 aromatic carbocycles. The van der Waals surface area contributed by atoms with Gasteiger partial charge in [0.15, 0.2) is 0 Å². The lowest BCUT2D eigenvalue weighted by atomic mass is 9.97. The molecule has 0 unspecified atom stereocenters. The molecule has 1 fully saturated rings. The van der Waals surface area contributed by atoms with Gasteiger partial charge >= 0.3 is 0 Å². The first kappa shape index (κ1) is 14.1. The van der Waals surface area contributed by atoms with E-state index in [1.54, 1.807) is 17.1 Å². The number of rotatable bonds is 5. The standard InChI is InChI=1S/C14H24N4O/c1-3-8-18(10-12-4-6-15-7-5-12)14(19)13-9-16-17(2)11-13/h9,11-12,15H,3-8,10H2,1-2H3. The molecule has 19 heavy (non-hydrogen) atoms. The van der Waals surface area contributed by atoms with Crippen LogP contribution in [0, 0.1) is 5.92 Å². The summed E-state index contributed by atoms with van der Waals surface area (Å²) in [5, 5.41) is 7.45. The molecule has 106 valence electrons. The van der Waals surface area contributed by atoms with Gasteiger partial charge < -0.3 is 10.2 Å². The number of hydrogen-bond acceptors (Lipinski definition) is 3. The summed E-state index contributed by atoms with van der Waals surface area (Å²) in [6.45, 7) is 5.98. The second-order valence-electron chi connectivity index (χ2n) is 5.35. The number of hydrogen-bond donors (Lipinski definition) is 1. The van der Waals surface area contributed by atoms with Gasteiger partial charge in [0.25, 0.3) is 5.91 Å². The number of nitrogens with one attached hydrogen (secondary N) is 1. The molecule has 0 atom stereocenters. The average Bonchev–Trinajstić information content (AvgIpc) is 2.85. The maximum Gasteiger partial charge on any atom is 0.257 e. The first-order valence-corrected chi connectivity index (χ1v) is 7.19. The predicted molar refractivity (Wildman–Crippen MR) is 75.0 cm³/mol. The third-order valence-electron chi connectivity index (χ3n) is 3.67. The Bertz CT molecular complexity index is 409. The van der Waals surface area contributed by atoms with E-state index < -0.39 is 0 Å². The summed E-state index contributed by atoms with van der Waals surface area (Å²) < 4.78 is 1.68. The number of aryl methyl sites for hydroxylation is 1. The molecule has 0 radical (unpaired) electrons. The van der Waals surface area contributed by atoms with E-state index in [1.165, 1.54) is 12.8 Å². The maximum absolute atomic E-state index is 12.5. The number of amides is 1. The van der Waals surface area contributed by atoms with Crippen LogP contribution >= 0.6 is 0 Å². The highest BCUT2D eigenvalue weighted by Crippen LogP contribution is 2.15. The number of aromatic nitrogens is 2. The quantitative estimate of drug-likeness (QED) is 0.871. The normalized spacial score (nSPS) is 16.5. The molecule has 1 amide bonds. The van der Waals surface area contributed by atoms with Crippen molar-refractivity contribution < 1.29 is 4.79 Å². The van der Waals surface area contributed by atoms with E-state index in [2.05, 4.69) is 17.3 Å². The number of carbonyl (C=O) groups is 1. The average molecular weight is 264 g/mol. The molecular formula is C14H24N4O. The van der Waals surface area contributed by atoms with E-state index in [0.717, 1.165) is 32.6 Å². The zero-order chi connectivity index (χ0) is 13.7. The molecule has 0 aliphatic carbocycles. The Morgan fingerprint density at radius 3 is 2.84 bits per heavy atom. The Kier molecular flexibility index (Phi) is 4.96. The molecular weight excluding hydrogens is 240 g/mol. The van der Waals surface area contributed by atoms with Gasteiger partial charge in [0.2, 0.25) is 0 Å². The van der Waals surface area contributed by atoms with E-state index in [9.17, 15) is 4.79 Å². The van der Waals surface area contributed by atoms with Gasteiger partial charge in [-0.2, -0.15) is 5.10 Å². The highest BCUT2D eigenvalue weighted by molar-refractivity contribution is 5.93. The fourth-order valence-electron chi connectivity index (χ4n) is 2.64. The summed E-state index contributed by atoms with van der Waals surface area (Å²) in [6.07, 6.45) is 6.79. The summed E-state index contributed by atoms with van der Waals surface area (Å²) in [6, 6.07) is 0. The van der Waals surface area contributed by atoms with Crippen LogP contribution in [0.3, 0.4) is 0 Å². The monoisotopic (exact) mass is 264 g/mol. The van der Waals surface area contributed by atoms with Crippen molar-refractivity contribution in [3.8, 4) is 0 Å². The van der Waals surface area contributed by atoms with Gasteiger partial charge in [-0.15, -0.1) is 0 Å². The minimum Gasteiger partial charge on any atom is -0.338 e. The molecule has 1 aliphatic rings. The topological polar surface area (TPSA) is 50.2 Å². The molecule has 1 aromatic rings. The summed E-state index contributed by atoms with van der Waals surface area (Å²) in [5.74, 6) is 0.752. The van der Waals surface area contributed by atoms with Crippen molar-refractivity contribution in [2.24, 2.45) is 13.0 Å². The molecule has 0 bridgehead atoms. The van der Waals surface area contributed by atoms with Gasteiger partial charge in [0.1, 0.15) is 0 Å². The van der Waals surface area contributed by atoms with Crippen molar-refractivity contribution in [1.82, 2.24) is 20.0 Å². The lowest BCUT2D eigenvalue weighted by Crippen LogP contribution is -2.39. The van der Waals surface area contributed by atoms with Crippen molar-refractivity contribution >= 4 is 5.91 Å². The van der Waals surface area contributed by atoms with E-state index in [4.69, 9.17) is 0 Å². The Hall–Kier alpha value is -1.36. The second kappa shape index (κ2) is 6.70. The van der Waals surface area contributed by atoms with Crippen LogP contribution in [-0.4, -0.2) is 46.8 Å². The van der Waals surface area contributed by atoms with E-state index in [-0.39, 0.29) is 5.91 Å². The lowest BCUT2D eigenvalue weighted by molar-refractivity contribution is 0.0716. The zero-order valence-corrected chi connectivity index (χ0v) is 11.9. The Labute approximate surface area is 115 Å². The highest BCUT2D eigenvalue weighted by atomic mass is 16.2. The number of carbonyl (C=O) groups excluding carboxylic acids is 1. The van der Waals surface area contributed by atoms with Crippen LogP contribution in [0.2, 0.25) is 0 Å². The fourth-order valence-corrected chi connectivity index (χ4v) is 2.64. The van der Waals surface area contributed by atoms with Crippen molar-refractivity contribution in [1.29, 1.82) is 0 Å². The van der Waals surface area contributed by atoms with E-state index >= 15 is 0 Å². The van der Waals surface area contributed by atoms with Crippen LogP contribution in [0.4, 0.5) is 0 Å². The van der Waals surface area contributed by atoms with Gasteiger partial charge in [0, 0.05) is 26.3 Å². The first-order valence-electron chi connectivity index (χ1n) is 7.19. The third-order valence-corrected chi connectivity index (χ3v) is 3.67. The van der Waals surface area contributed by atoms with Crippen LogP contribution in [0.25, 0.3) is 0 Å². The highest BCUT2D eigenvalue weighted by Gasteiger charge is 2.21. The molecule has 2 heterocycles. The van der Waals surface area contributed by atoms with Crippen LogP contribution < -0.4 is 5.32 Å². The van der Waals surface area contributed by atoms with Crippen LogP contribution in [0.15, 0.2) is 12.4 Å². The third kappa shape index (κ3) is 3.80. The summed E-state index contributed by atoms with van der Waals surface area (Å²) in [5.41, 5.74) is 0.699. The van der Waals surface area contributed by atoms with Gasteiger partial charge in [-0.25, -0.2) is 0 Å². The van der Waals surface area contributed by atoms with Crippen molar-refractivity contribution in [3.63, 3.8) is 0 Å². The van der Waals surface area contributed by atoms with E-state index in [1.807, 2.05) is 11.9 Å². The number of piperidine rings is 1. The molecule has 0 saturated carbocycles. The van der Waals surface area contributed by atoms with E-state index in [0.29, 0.717) is 11.5 Å². The van der Waals surface area contributed by atoms with Crippen molar-refractivity contribution in [3.05, 3.63) is 18.0 Å². The summed E-state index contributed by atoms with van der Waals surface area (Å²) in [4.78, 5) is 14.5. The predicted octanol–water partition coefficient (Wildman–Crippen LogP) is 1.27. The van der Waals surface area contributed by atoms with Crippen LogP contribution in [0.1, 0.15) is 36.5 Å². The summed E-state index contributed by atoms with van der Waals surface area (Å²) in [7, 11) is 1.84. The summed E-state index contributed by atoms with van der Waals surface area (Å²) >= 11 is 0. The molecule has 5 heteroatoms. The molecule has 5 nitrogen and oxygen atoms in total. The SMILES string of the molecule is CCCN(CC1CCNCC1)C(=O)c1cnn(C)c1. The largest absolute Gasteiger partial charge is 0.338 e. The zero-order valence-electron chi connectivity index (χ0n) is 11.9. The smallest absolute Gasteiger partial charge is 0.257 e. The second-order valence-corrected chi connectivity index (χ2v) is 5.35. The molecule has 1 N–H and O–H groups in total. The molecule has 1 aromatic heterocycles. The van der Waals surface area contributed by atoms with Crippen LogP contribution in [-0.2, 0) is 7.05 Å². The first-order chi connectivity index (χ1) is 9.20. The fraction of sp³-hybridized carbons (Fsp3) is 0.714. The Balaban J connectivity index is 1.99. The van der Waals surface area contributed by atoms with Crippen LogP contribution in [0.5, 0.6) is 0 Å². The van der Waals surface area contributed by atoms with Gasteiger partial charge in [-0.05, 0) is 38.3 Å². The van der Waals surface area contributed by atoms with Gasteiger partial charge in [-0.3, -0.25) is 9.48 Å². The maximum atomic E-state index is 12.5. The molecule has 1 aliphatic heterocycles. The lowest BCUT2D eigenvalue weighted by Gasteiger charge is -2.29. The van der Waals surface area contributed by atoms with Gasteiger partial charge in [-0.1, -0.05) is 6.92 Å². The Morgan fingerprint density at radius 1 is 1.53 bits per heavy atom. The molecule has 2 rings (SSSR count). The van der Waals surface area contributed by atoms with Gasteiger partial charge in [0.05, 0.1) is 11.8 Å². The van der Waals surface area contributed by atoms with Crippen molar-refractivity contribution in [2.45, 2.75) is 26.2 Å². The van der Waals surface area contributed by atoms with Crippen molar-refractivity contribution in [2.75, 3.05) is 26.2 Å². The molecule has 0 spiro atoms. The minimum absolute atomic E-state index is 0.119. The number of nitrogens with zero attached hydrogens (tertiary/aromatic N) is 3. The molecule has 1 saturated heterocycles. The Morgan fingerprint density at radius 2 is 2.26 bits per heavy atom.